The predicted molar refractivity (Wildman–Crippen MR) is 108 cm³/mol. The molecule has 6 fully saturated rings. The molecule has 28 heavy (non-hydrogen) atoms. The van der Waals surface area contributed by atoms with Crippen LogP contribution >= 0.6 is 0 Å². The third-order valence-corrected chi connectivity index (χ3v) is 11.4. The molecule has 0 aromatic carbocycles. The Hall–Kier alpha value is -0.570. The van der Waals surface area contributed by atoms with Gasteiger partial charge in [-0.25, -0.2) is 0 Å². The van der Waals surface area contributed by atoms with E-state index in [0.29, 0.717) is 23.4 Å². The van der Waals surface area contributed by atoms with E-state index in [-0.39, 0.29) is 17.0 Å². The van der Waals surface area contributed by atoms with Crippen LogP contribution in [0.5, 0.6) is 0 Å². The molecule has 0 N–H and O–H groups in total. The highest BCUT2D eigenvalue weighted by molar-refractivity contribution is 5.71. The van der Waals surface area contributed by atoms with Crippen LogP contribution in [0.3, 0.4) is 0 Å². The van der Waals surface area contributed by atoms with E-state index < -0.39 is 0 Å². The number of hydrogen-bond donors (Lipinski definition) is 0. The molecule has 3 nitrogen and oxygen atoms in total. The van der Waals surface area contributed by atoms with Crippen LogP contribution in [-0.4, -0.2) is 23.8 Å². The normalized spacial score (nSPS) is 60.1. The van der Waals surface area contributed by atoms with Gasteiger partial charge in [-0.05, 0) is 99.2 Å². The lowest BCUT2D eigenvalue weighted by Crippen LogP contribution is -2.60. The molecule has 6 rings (SSSR count). The van der Waals surface area contributed by atoms with Crippen molar-refractivity contribution < 1.29 is 14.3 Å². The fourth-order valence-electron chi connectivity index (χ4n) is 9.60. The van der Waals surface area contributed by atoms with E-state index in [9.17, 15) is 4.79 Å². The lowest BCUT2D eigenvalue weighted by Gasteiger charge is -2.62. The summed E-state index contributed by atoms with van der Waals surface area (Å²) in [4.78, 5) is 12.3. The first kappa shape index (κ1) is 18.2. The maximum atomic E-state index is 12.3. The molecule has 3 heteroatoms. The van der Waals surface area contributed by atoms with Crippen molar-refractivity contribution in [1.82, 2.24) is 0 Å². The summed E-state index contributed by atoms with van der Waals surface area (Å²) < 4.78 is 12.2. The first-order valence-electron chi connectivity index (χ1n) is 12.2. The van der Waals surface area contributed by atoms with Crippen molar-refractivity contribution in [3.63, 3.8) is 0 Å². The van der Waals surface area contributed by atoms with Crippen molar-refractivity contribution in [1.29, 1.82) is 0 Å². The molecular weight excluding hydrogens is 348 g/mol. The van der Waals surface area contributed by atoms with Crippen molar-refractivity contribution >= 4 is 5.97 Å². The molecular formula is C25H38O3. The summed E-state index contributed by atoms with van der Waals surface area (Å²) in [7, 11) is 0. The van der Waals surface area contributed by atoms with Gasteiger partial charge < -0.3 is 9.47 Å². The standard InChI is InChI=1S/C25H38O3/c1-16-4-7-21(26)28-25(16)11-9-20-18-6-5-17-14-24(15-27-24)13-12-22(17,2)19(18)8-10-23(20,25)3/h16-20H,4-15H2,1-3H3/t16-,17-,18-,19+,20+,22+,23+,24+,25+/m1/s1. The van der Waals surface area contributed by atoms with Crippen LogP contribution in [0.2, 0.25) is 0 Å². The lowest BCUT2D eigenvalue weighted by molar-refractivity contribution is -0.213. The fraction of sp³-hybridized carbons (Fsp3) is 0.960. The third-order valence-electron chi connectivity index (χ3n) is 11.4. The SMILES string of the molecule is C[C@@H]1CCC(=O)O[C@@]12CC[C@H]1[C@@H]3CC[C@@H]4C[C@@]5(CC[C@]4(C)[C@H]3CC[C@@]12C)CO5. The van der Waals surface area contributed by atoms with Crippen LogP contribution in [-0.2, 0) is 14.3 Å². The highest BCUT2D eigenvalue weighted by Crippen LogP contribution is 2.71. The number of rotatable bonds is 0. The van der Waals surface area contributed by atoms with Crippen LogP contribution in [0, 0.1) is 40.4 Å². The molecule has 0 bridgehead atoms. The number of carbonyl (C=O) groups excluding carboxylic acids is 1. The van der Waals surface area contributed by atoms with Gasteiger partial charge >= 0.3 is 5.97 Å². The molecule has 2 spiro atoms. The maximum Gasteiger partial charge on any atom is 0.306 e. The Kier molecular flexibility index (Phi) is 3.62. The van der Waals surface area contributed by atoms with E-state index in [2.05, 4.69) is 20.8 Å². The summed E-state index contributed by atoms with van der Waals surface area (Å²) in [6, 6.07) is 0. The Morgan fingerprint density at radius 2 is 1.71 bits per heavy atom. The Morgan fingerprint density at radius 3 is 2.50 bits per heavy atom. The molecule has 0 aromatic rings. The monoisotopic (exact) mass is 386 g/mol. The van der Waals surface area contributed by atoms with Crippen LogP contribution in [0.1, 0.15) is 91.4 Å². The van der Waals surface area contributed by atoms with Crippen molar-refractivity contribution in [2.45, 2.75) is 103 Å². The van der Waals surface area contributed by atoms with Gasteiger partial charge in [0.25, 0.3) is 0 Å². The van der Waals surface area contributed by atoms with Crippen LogP contribution < -0.4 is 0 Å². The molecule has 0 unspecified atom stereocenters. The summed E-state index contributed by atoms with van der Waals surface area (Å²) >= 11 is 0. The minimum Gasteiger partial charge on any atom is -0.458 e. The Morgan fingerprint density at radius 1 is 0.929 bits per heavy atom. The van der Waals surface area contributed by atoms with E-state index in [1.807, 2.05) is 0 Å². The average molecular weight is 387 g/mol. The predicted octanol–water partition coefficient (Wildman–Crippen LogP) is 5.51. The zero-order chi connectivity index (χ0) is 19.4. The van der Waals surface area contributed by atoms with E-state index in [4.69, 9.17) is 9.47 Å². The van der Waals surface area contributed by atoms with Crippen molar-refractivity contribution in [3.05, 3.63) is 0 Å². The topological polar surface area (TPSA) is 38.8 Å². The summed E-state index contributed by atoms with van der Waals surface area (Å²) in [6.07, 6.45) is 13.5. The molecule has 0 amide bonds. The van der Waals surface area contributed by atoms with Crippen LogP contribution in [0.25, 0.3) is 0 Å². The fourth-order valence-corrected chi connectivity index (χ4v) is 9.60. The van der Waals surface area contributed by atoms with Gasteiger partial charge in [-0.3, -0.25) is 4.79 Å². The molecule has 156 valence electrons. The van der Waals surface area contributed by atoms with E-state index in [1.165, 1.54) is 51.4 Å². The van der Waals surface area contributed by atoms with Crippen LogP contribution in [0.4, 0.5) is 0 Å². The highest BCUT2D eigenvalue weighted by atomic mass is 16.6. The highest BCUT2D eigenvalue weighted by Gasteiger charge is 2.69. The van der Waals surface area contributed by atoms with E-state index in [0.717, 1.165) is 43.1 Å². The van der Waals surface area contributed by atoms with Crippen molar-refractivity contribution in [3.8, 4) is 0 Å². The molecule has 2 aliphatic heterocycles. The first-order chi connectivity index (χ1) is 13.3. The number of epoxide rings is 1. The minimum atomic E-state index is -0.172. The average Bonchev–Trinajstić information content (AvgIpc) is 3.36. The Labute approximate surface area is 170 Å². The van der Waals surface area contributed by atoms with Crippen LogP contribution in [0.15, 0.2) is 0 Å². The Bertz CT molecular complexity index is 698. The van der Waals surface area contributed by atoms with Gasteiger partial charge in [-0.2, -0.15) is 0 Å². The molecule has 4 aliphatic carbocycles. The lowest BCUT2D eigenvalue weighted by atomic mass is 9.43. The van der Waals surface area contributed by atoms with E-state index >= 15 is 0 Å². The summed E-state index contributed by atoms with van der Waals surface area (Å²) in [5.41, 5.74) is 0.839. The van der Waals surface area contributed by atoms with Gasteiger partial charge in [0.05, 0.1) is 12.2 Å². The summed E-state index contributed by atoms with van der Waals surface area (Å²) in [6.45, 7) is 8.54. The molecule has 0 radical (unpaired) electrons. The van der Waals surface area contributed by atoms with Gasteiger partial charge in [0.1, 0.15) is 5.60 Å². The van der Waals surface area contributed by atoms with Gasteiger partial charge in [0.15, 0.2) is 0 Å². The van der Waals surface area contributed by atoms with Gasteiger partial charge in [0.2, 0.25) is 0 Å². The smallest absolute Gasteiger partial charge is 0.306 e. The summed E-state index contributed by atoms with van der Waals surface area (Å²) in [5.74, 6) is 3.94. The number of esters is 1. The Balaban J connectivity index is 1.31. The quantitative estimate of drug-likeness (QED) is 0.407. The number of carbonyl (C=O) groups is 1. The van der Waals surface area contributed by atoms with Gasteiger partial charge in [0, 0.05) is 11.8 Å². The van der Waals surface area contributed by atoms with E-state index in [1.54, 1.807) is 0 Å². The second-order valence-electron chi connectivity index (χ2n) is 12.1. The summed E-state index contributed by atoms with van der Waals surface area (Å²) in [5, 5.41) is 0. The largest absolute Gasteiger partial charge is 0.458 e. The zero-order valence-electron chi connectivity index (χ0n) is 18.1. The second-order valence-corrected chi connectivity index (χ2v) is 12.1. The number of ether oxygens (including phenoxy) is 2. The molecule has 2 saturated heterocycles. The number of hydrogen-bond acceptors (Lipinski definition) is 3. The molecule has 0 aromatic heterocycles. The minimum absolute atomic E-state index is 0.0692. The third kappa shape index (κ3) is 2.13. The molecule has 4 saturated carbocycles. The van der Waals surface area contributed by atoms with Crippen molar-refractivity contribution in [2.24, 2.45) is 40.4 Å². The number of fused-ring (bicyclic) bond motifs is 6. The second kappa shape index (κ2) is 5.56. The van der Waals surface area contributed by atoms with Gasteiger partial charge in [-0.1, -0.05) is 20.8 Å². The molecule has 2 heterocycles. The molecule has 9 atom stereocenters. The maximum absolute atomic E-state index is 12.3. The van der Waals surface area contributed by atoms with Crippen molar-refractivity contribution in [2.75, 3.05) is 6.61 Å². The molecule has 6 aliphatic rings. The van der Waals surface area contributed by atoms with Gasteiger partial charge in [-0.15, -0.1) is 0 Å². The zero-order valence-corrected chi connectivity index (χ0v) is 18.1. The first-order valence-corrected chi connectivity index (χ1v) is 12.2.